The van der Waals surface area contributed by atoms with Crippen molar-refractivity contribution < 1.29 is 24.5 Å². The number of aliphatic hydroxyl groups is 1. The second-order valence-corrected chi connectivity index (χ2v) is 8.88. The molecule has 3 aliphatic rings. The predicted octanol–water partition coefficient (Wildman–Crippen LogP) is -0.174. The van der Waals surface area contributed by atoms with Gasteiger partial charge in [-0.15, -0.1) is 0 Å². The maximum atomic E-state index is 12.1. The minimum atomic E-state index is -1.23. The summed E-state index contributed by atoms with van der Waals surface area (Å²) in [6, 6.07) is 6.46. The Balaban J connectivity index is 0.000000408. The number of aromatic amines is 1. The van der Waals surface area contributed by atoms with Crippen LogP contribution in [0.5, 0.6) is 0 Å². The number of fused-ring (bicyclic) bond motifs is 1. The van der Waals surface area contributed by atoms with Gasteiger partial charge in [0.15, 0.2) is 0 Å². The smallest absolute Gasteiger partial charge is 0.332 e. The molecule has 34 heavy (non-hydrogen) atoms. The standard InChI is InChI=1S/C19H27N7O2.C3H6O3/c27-19(21-13-2-3-13)24-16-10-20-25-17(16)18-22-14-4-1-12(9-15(14)23-18)11-26-5-7-28-8-6-26;1-2(4)3(5)6/h1,4,9,13,16-17,20,25H,2-3,5-8,10-11H2,(H,22,23)(H2,21,24,27);2,4H,1H3,(H,5,6)/t;2-/m.0/s1. The molecule has 12 heteroatoms. The van der Waals surface area contributed by atoms with E-state index in [1.54, 1.807) is 0 Å². The number of imidazole rings is 1. The van der Waals surface area contributed by atoms with Crippen LogP contribution in [0.1, 0.15) is 37.2 Å². The average molecular weight is 476 g/mol. The highest BCUT2D eigenvalue weighted by Crippen LogP contribution is 2.23. The molecule has 0 bridgehead atoms. The SMILES string of the molecule is C[C@H](O)C(=O)O.O=C(NC1CC1)NC1CNNC1c1nc2ccc(CN3CCOCC3)cc2[nH]1. The first-order valence-electron chi connectivity index (χ1n) is 11.6. The summed E-state index contributed by atoms with van der Waals surface area (Å²) in [6.45, 7) is 6.33. The van der Waals surface area contributed by atoms with E-state index in [1.807, 2.05) is 0 Å². The van der Waals surface area contributed by atoms with E-state index in [4.69, 9.17) is 19.9 Å². The third-order valence-corrected chi connectivity index (χ3v) is 5.94. The first-order valence-corrected chi connectivity index (χ1v) is 11.6. The van der Waals surface area contributed by atoms with Crippen LogP contribution >= 0.6 is 0 Å². The highest BCUT2D eigenvalue weighted by molar-refractivity contribution is 5.77. The van der Waals surface area contributed by atoms with Crippen LogP contribution < -0.4 is 21.5 Å². The number of aliphatic hydroxyl groups excluding tert-OH is 1. The largest absolute Gasteiger partial charge is 0.479 e. The van der Waals surface area contributed by atoms with Crippen LogP contribution in [0.2, 0.25) is 0 Å². The molecule has 12 nitrogen and oxygen atoms in total. The van der Waals surface area contributed by atoms with E-state index in [0.29, 0.717) is 12.6 Å². The zero-order valence-corrected chi connectivity index (χ0v) is 19.2. The van der Waals surface area contributed by atoms with Gasteiger partial charge in [0, 0.05) is 32.2 Å². The van der Waals surface area contributed by atoms with Crippen molar-refractivity contribution in [2.75, 3.05) is 32.8 Å². The zero-order valence-electron chi connectivity index (χ0n) is 19.2. The van der Waals surface area contributed by atoms with E-state index in [2.05, 4.69) is 49.6 Å². The molecule has 5 rings (SSSR count). The number of aliphatic carboxylic acids is 1. The van der Waals surface area contributed by atoms with Crippen LogP contribution in [0.4, 0.5) is 4.79 Å². The highest BCUT2D eigenvalue weighted by atomic mass is 16.5. The summed E-state index contributed by atoms with van der Waals surface area (Å²) in [4.78, 5) is 32.2. The quantitative estimate of drug-likeness (QED) is 0.300. The molecule has 2 saturated heterocycles. The molecule has 0 spiro atoms. The van der Waals surface area contributed by atoms with Gasteiger partial charge in [0.25, 0.3) is 0 Å². The number of urea groups is 1. The maximum absolute atomic E-state index is 12.1. The molecule has 186 valence electrons. The maximum Gasteiger partial charge on any atom is 0.332 e. The average Bonchev–Trinajstić information content (AvgIpc) is 3.33. The van der Waals surface area contributed by atoms with E-state index in [1.165, 1.54) is 12.5 Å². The molecule has 2 unspecified atom stereocenters. The number of nitrogens with one attached hydrogen (secondary N) is 5. The first-order chi connectivity index (χ1) is 16.4. The number of morpholine rings is 1. The molecular weight excluding hydrogens is 442 g/mol. The van der Waals surface area contributed by atoms with Gasteiger partial charge in [0.05, 0.1) is 30.3 Å². The summed E-state index contributed by atoms with van der Waals surface area (Å²) in [6.07, 6.45) is 0.924. The Morgan fingerprint density at radius 2 is 2.00 bits per heavy atom. The van der Waals surface area contributed by atoms with Gasteiger partial charge >= 0.3 is 12.0 Å². The molecule has 0 radical (unpaired) electrons. The number of aromatic nitrogens is 2. The van der Waals surface area contributed by atoms with Gasteiger partial charge in [-0.05, 0) is 37.5 Å². The number of benzene rings is 1. The Kier molecular flexibility index (Phi) is 7.95. The van der Waals surface area contributed by atoms with Crippen LogP contribution in [0.15, 0.2) is 18.2 Å². The van der Waals surface area contributed by atoms with Gasteiger partial charge in [0.1, 0.15) is 18.0 Å². The van der Waals surface area contributed by atoms with Gasteiger partial charge in [-0.2, -0.15) is 0 Å². The van der Waals surface area contributed by atoms with Crippen molar-refractivity contribution in [2.45, 2.75) is 50.5 Å². The number of amides is 2. The van der Waals surface area contributed by atoms with Crippen molar-refractivity contribution in [3.8, 4) is 0 Å². The van der Waals surface area contributed by atoms with Crippen molar-refractivity contribution in [3.63, 3.8) is 0 Å². The van der Waals surface area contributed by atoms with Crippen LogP contribution in [0, 0.1) is 0 Å². The summed E-state index contributed by atoms with van der Waals surface area (Å²) in [5.41, 5.74) is 9.59. The molecule has 1 saturated carbocycles. The Morgan fingerprint density at radius 1 is 1.26 bits per heavy atom. The number of hydrogen-bond acceptors (Lipinski definition) is 8. The van der Waals surface area contributed by atoms with E-state index >= 15 is 0 Å². The Hall–Kier alpha value is -2.77. The van der Waals surface area contributed by atoms with Gasteiger partial charge in [-0.3, -0.25) is 10.3 Å². The summed E-state index contributed by atoms with van der Waals surface area (Å²) in [5, 5.41) is 21.8. The molecular formula is C22H33N7O5. The van der Waals surface area contributed by atoms with Gasteiger partial charge in [-0.25, -0.2) is 20.0 Å². The van der Waals surface area contributed by atoms with Crippen LogP contribution in [0.25, 0.3) is 11.0 Å². The lowest BCUT2D eigenvalue weighted by Crippen LogP contribution is -2.46. The number of carbonyl (C=O) groups is 2. The van der Waals surface area contributed by atoms with Crippen molar-refractivity contribution in [1.29, 1.82) is 0 Å². The Labute approximate surface area is 197 Å². The third-order valence-electron chi connectivity index (χ3n) is 5.94. The van der Waals surface area contributed by atoms with Crippen LogP contribution in [-0.2, 0) is 16.1 Å². The molecule has 2 aliphatic heterocycles. The number of H-pyrrole nitrogens is 1. The number of nitrogens with zero attached hydrogens (tertiary/aromatic N) is 2. The van der Waals surface area contributed by atoms with Crippen molar-refractivity contribution >= 4 is 23.0 Å². The molecule has 2 amide bonds. The third kappa shape index (κ3) is 6.64. The van der Waals surface area contributed by atoms with Crippen molar-refractivity contribution in [2.24, 2.45) is 0 Å². The Morgan fingerprint density at radius 3 is 2.68 bits per heavy atom. The molecule has 3 fully saturated rings. The summed E-state index contributed by atoms with van der Waals surface area (Å²) in [7, 11) is 0. The first kappa shape index (κ1) is 24.4. The number of ether oxygens (including phenoxy) is 1. The molecule has 3 atom stereocenters. The van der Waals surface area contributed by atoms with E-state index < -0.39 is 12.1 Å². The number of rotatable bonds is 6. The topological polar surface area (TPSA) is 164 Å². The number of carbonyl (C=O) groups excluding carboxylic acids is 1. The lowest BCUT2D eigenvalue weighted by atomic mass is 10.1. The summed E-state index contributed by atoms with van der Waals surface area (Å²) < 4.78 is 5.42. The molecule has 1 aromatic heterocycles. The normalized spacial score (nSPS) is 23.7. The van der Waals surface area contributed by atoms with Crippen molar-refractivity contribution in [3.05, 3.63) is 29.6 Å². The zero-order chi connectivity index (χ0) is 24.1. The van der Waals surface area contributed by atoms with Crippen LogP contribution in [-0.4, -0.2) is 88.1 Å². The molecule has 1 aliphatic carbocycles. The lowest BCUT2D eigenvalue weighted by Gasteiger charge is -2.26. The van der Waals surface area contributed by atoms with Gasteiger partial charge in [-0.1, -0.05) is 6.07 Å². The predicted molar refractivity (Wildman–Crippen MR) is 124 cm³/mol. The lowest BCUT2D eigenvalue weighted by molar-refractivity contribution is -0.145. The molecule has 7 N–H and O–H groups in total. The second-order valence-electron chi connectivity index (χ2n) is 8.88. The number of hydrogen-bond donors (Lipinski definition) is 7. The summed E-state index contributed by atoms with van der Waals surface area (Å²) in [5.74, 6) is -0.352. The van der Waals surface area contributed by atoms with Crippen LogP contribution in [0.3, 0.4) is 0 Å². The van der Waals surface area contributed by atoms with E-state index in [0.717, 1.165) is 62.5 Å². The van der Waals surface area contributed by atoms with Gasteiger partial charge in [0.2, 0.25) is 0 Å². The summed E-state index contributed by atoms with van der Waals surface area (Å²) >= 11 is 0. The fourth-order valence-electron chi connectivity index (χ4n) is 3.85. The monoisotopic (exact) mass is 475 g/mol. The van der Waals surface area contributed by atoms with Crippen molar-refractivity contribution in [1.82, 2.24) is 36.4 Å². The fraction of sp³-hybridized carbons (Fsp3) is 0.591. The fourth-order valence-corrected chi connectivity index (χ4v) is 3.85. The highest BCUT2D eigenvalue weighted by Gasteiger charge is 2.33. The number of carboxylic acid groups (broad SMARTS) is 1. The molecule has 2 aromatic rings. The molecule has 1 aromatic carbocycles. The molecule has 3 heterocycles. The second kappa shape index (κ2) is 11.1. The number of hydrazine groups is 1. The van der Waals surface area contributed by atoms with E-state index in [-0.39, 0.29) is 18.1 Å². The van der Waals surface area contributed by atoms with E-state index in [9.17, 15) is 9.59 Å². The minimum Gasteiger partial charge on any atom is -0.479 e. The van der Waals surface area contributed by atoms with Gasteiger partial charge < -0.3 is 30.6 Å². The Bertz CT molecular complexity index is 987. The number of carboxylic acids is 1. The minimum absolute atomic E-state index is 0.0628.